The molecule has 0 saturated carbocycles. The fourth-order valence-electron chi connectivity index (χ4n) is 3.47. The minimum Gasteiger partial charge on any atom is -0.465 e. The highest BCUT2D eigenvalue weighted by atomic mass is 16.3. The summed E-state index contributed by atoms with van der Waals surface area (Å²) in [5.41, 5.74) is 8.91. The Balaban J connectivity index is 1.35. The molecule has 4 heterocycles. The average Bonchev–Trinajstić information content (AvgIpc) is 3.22. The highest BCUT2D eigenvalue weighted by Crippen LogP contribution is 2.18. The number of rotatable bonds is 6. The quantitative estimate of drug-likeness (QED) is 0.710. The molecule has 1 aliphatic rings. The molecular formula is C19H25N7O. The first-order valence-electron chi connectivity index (χ1n) is 9.13. The third kappa shape index (κ3) is 4.35. The second-order valence-electron chi connectivity index (χ2n) is 7.19. The van der Waals surface area contributed by atoms with E-state index in [-0.39, 0.29) is 0 Å². The van der Waals surface area contributed by atoms with Gasteiger partial charge in [-0.3, -0.25) is 14.5 Å². The normalized spacial score (nSPS) is 14.6. The molecule has 0 radical (unpaired) electrons. The predicted octanol–water partition coefficient (Wildman–Crippen LogP) is 1.80. The van der Waals surface area contributed by atoms with Crippen LogP contribution < -0.4 is 5.73 Å². The van der Waals surface area contributed by atoms with Gasteiger partial charge in [0.2, 0.25) is 5.95 Å². The molecule has 2 N–H and O–H groups in total. The molecule has 8 nitrogen and oxygen atoms in total. The lowest BCUT2D eigenvalue weighted by Crippen LogP contribution is -2.33. The largest absolute Gasteiger partial charge is 0.465 e. The van der Waals surface area contributed by atoms with Crippen molar-refractivity contribution < 1.29 is 4.42 Å². The van der Waals surface area contributed by atoms with Crippen molar-refractivity contribution in [3.8, 4) is 0 Å². The van der Waals surface area contributed by atoms with Crippen LogP contribution in [0, 0.1) is 6.92 Å². The van der Waals surface area contributed by atoms with Crippen LogP contribution in [0.15, 0.2) is 35.0 Å². The van der Waals surface area contributed by atoms with Crippen LogP contribution in [0.2, 0.25) is 0 Å². The molecule has 4 rings (SSSR count). The van der Waals surface area contributed by atoms with Gasteiger partial charge in [0.1, 0.15) is 11.5 Å². The third-order valence-corrected chi connectivity index (χ3v) is 4.71. The van der Waals surface area contributed by atoms with Crippen LogP contribution in [0.4, 0.5) is 5.95 Å². The number of nitrogens with two attached hydrogens (primary N) is 1. The van der Waals surface area contributed by atoms with E-state index in [0.29, 0.717) is 5.95 Å². The van der Waals surface area contributed by atoms with Crippen molar-refractivity contribution in [1.29, 1.82) is 0 Å². The number of nitrogens with zero attached hydrogens (tertiary/aromatic N) is 6. The summed E-state index contributed by atoms with van der Waals surface area (Å²) >= 11 is 0. The van der Waals surface area contributed by atoms with Crippen molar-refractivity contribution in [2.24, 2.45) is 0 Å². The lowest BCUT2D eigenvalue weighted by molar-refractivity contribution is 0.189. The van der Waals surface area contributed by atoms with Gasteiger partial charge >= 0.3 is 0 Å². The molecule has 0 unspecified atom stereocenters. The molecule has 0 fully saturated rings. The SMILES string of the molecule is Cc1ccc(CN2CCn3nc(CN(C)Cc4cnc(N)nc4)cc3C2)o1. The molecular weight excluding hydrogens is 342 g/mol. The first-order valence-corrected chi connectivity index (χ1v) is 9.13. The van der Waals surface area contributed by atoms with E-state index in [9.17, 15) is 0 Å². The summed E-state index contributed by atoms with van der Waals surface area (Å²) in [6, 6.07) is 6.28. The maximum Gasteiger partial charge on any atom is 0.219 e. The van der Waals surface area contributed by atoms with Crippen molar-refractivity contribution in [2.75, 3.05) is 19.3 Å². The summed E-state index contributed by atoms with van der Waals surface area (Å²) in [5, 5.41) is 4.77. The molecule has 142 valence electrons. The van der Waals surface area contributed by atoms with Crippen molar-refractivity contribution in [2.45, 2.75) is 39.6 Å². The smallest absolute Gasteiger partial charge is 0.219 e. The molecule has 0 bridgehead atoms. The van der Waals surface area contributed by atoms with Crippen LogP contribution in [0.1, 0.15) is 28.5 Å². The maximum atomic E-state index is 5.71. The van der Waals surface area contributed by atoms with Gasteiger partial charge in [-0.2, -0.15) is 5.10 Å². The number of aromatic nitrogens is 4. The van der Waals surface area contributed by atoms with Crippen LogP contribution in [-0.2, 0) is 32.7 Å². The van der Waals surface area contributed by atoms with Crippen LogP contribution in [0.3, 0.4) is 0 Å². The zero-order chi connectivity index (χ0) is 18.8. The minimum absolute atomic E-state index is 0.303. The zero-order valence-electron chi connectivity index (χ0n) is 15.8. The molecule has 3 aromatic rings. The molecule has 1 aliphatic heterocycles. The Kier molecular flexibility index (Phi) is 4.91. The zero-order valence-corrected chi connectivity index (χ0v) is 15.8. The Hall–Kier alpha value is -2.71. The van der Waals surface area contributed by atoms with Crippen molar-refractivity contribution in [1.82, 2.24) is 29.5 Å². The summed E-state index contributed by atoms with van der Waals surface area (Å²) in [5.74, 6) is 2.28. The highest BCUT2D eigenvalue weighted by Gasteiger charge is 2.20. The van der Waals surface area contributed by atoms with Gasteiger partial charge in [0.05, 0.1) is 24.5 Å². The Morgan fingerprint density at radius 2 is 2.00 bits per heavy atom. The number of hydrogen-bond acceptors (Lipinski definition) is 7. The monoisotopic (exact) mass is 367 g/mol. The van der Waals surface area contributed by atoms with Gasteiger partial charge in [0, 0.05) is 44.1 Å². The van der Waals surface area contributed by atoms with E-state index < -0.39 is 0 Å². The number of aryl methyl sites for hydroxylation is 1. The van der Waals surface area contributed by atoms with Gasteiger partial charge in [-0.25, -0.2) is 9.97 Å². The van der Waals surface area contributed by atoms with Gasteiger partial charge < -0.3 is 10.2 Å². The molecule has 0 spiro atoms. The molecule has 0 aromatic carbocycles. The summed E-state index contributed by atoms with van der Waals surface area (Å²) in [6.07, 6.45) is 3.54. The first kappa shape index (κ1) is 17.7. The second kappa shape index (κ2) is 7.50. The molecule has 8 heteroatoms. The van der Waals surface area contributed by atoms with E-state index in [1.54, 1.807) is 12.4 Å². The number of anilines is 1. The van der Waals surface area contributed by atoms with Gasteiger partial charge in [-0.15, -0.1) is 0 Å². The number of fused-ring (bicyclic) bond motifs is 1. The topological polar surface area (TPSA) is 89.2 Å². The number of nitrogen functional groups attached to an aromatic ring is 1. The number of furan rings is 1. The fourth-order valence-corrected chi connectivity index (χ4v) is 3.47. The summed E-state index contributed by atoms with van der Waals surface area (Å²) < 4.78 is 7.83. The summed E-state index contributed by atoms with van der Waals surface area (Å²) in [4.78, 5) is 12.7. The molecule has 0 atom stereocenters. The van der Waals surface area contributed by atoms with Crippen LogP contribution >= 0.6 is 0 Å². The maximum absolute atomic E-state index is 5.71. The molecule has 0 amide bonds. The van der Waals surface area contributed by atoms with Crippen LogP contribution in [-0.4, -0.2) is 43.1 Å². The average molecular weight is 367 g/mol. The van der Waals surface area contributed by atoms with Gasteiger partial charge in [-0.05, 0) is 32.2 Å². The lowest BCUT2D eigenvalue weighted by atomic mass is 10.2. The lowest BCUT2D eigenvalue weighted by Gasteiger charge is -2.26. The van der Waals surface area contributed by atoms with Crippen molar-refractivity contribution in [3.05, 3.63) is 59.1 Å². The van der Waals surface area contributed by atoms with Crippen molar-refractivity contribution in [3.63, 3.8) is 0 Å². The Labute approximate surface area is 158 Å². The van der Waals surface area contributed by atoms with Gasteiger partial charge in [0.25, 0.3) is 0 Å². The third-order valence-electron chi connectivity index (χ3n) is 4.71. The predicted molar refractivity (Wildman–Crippen MR) is 101 cm³/mol. The van der Waals surface area contributed by atoms with Crippen LogP contribution in [0.25, 0.3) is 0 Å². The van der Waals surface area contributed by atoms with Crippen molar-refractivity contribution >= 4 is 5.95 Å². The second-order valence-corrected chi connectivity index (χ2v) is 7.19. The molecule has 27 heavy (non-hydrogen) atoms. The summed E-state index contributed by atoms with van der Waals surface area (Å²) in [6.45, 7) is 7.13. The Morgan fingerprint density at radius 3 is 2.74 bits per heavy atom. The van der Waals surface area contributed by atoms with E-state index in [2.05, 4.69) is 43.6 Å². The van der Waals surface area contributed by atoms with Gasteiger partial charge in [-0.1, -0.05) is 0 Å². The van der Waals surface area contributed by atoms with E-state index in [1.807, 2.05) is 13.0 Å². The number of hydrogen-bond donors (Lipinski definition) is 1. The van der Waals surface area contributed by atoms with E-state index in [4.69, 9.17) is 15.2 Å². The van der Waals surface area contributed by atoms with E-state index in [0.717, 1.165) is 62.0 Å². The first-order chi connectivity index (χ1) is 13.0. The Morgan fingerprint density at radius 1 is 1.19 bits per heavy atom. The Bertz CT molecular complexity index is 899. The van der Waals surface area contributed by atoms with E-state index >= 15 is 0 Å². The highest BCUT2D eigenvalue weighted by molar-refractivity contribution is 5.17. The van der Waals surface area contributed by atoms with Gasteiger partial charge in [0.15, 0.2) is 0 Å². The minimum atomic E-state index is 0.303. The fraction of sp³-hybridized carbons (Fsp3) is 0.421. The molecule has 3 aromatic heterocycles. The molecule has 0 saturated heterocycles. The standard InChI is InChI=1S/C19H25N7O/c1-14-3-4-18(27-14)13-25-5-6-26-17(12-25)7-16(23-26)11-24(2)10-15-8-21-19(20)22-9-15/h3-4,7-9H,5-6,10-13H2,1-2H3,(H2,20,21,22). The molecule has 0 aliphatic carbocycles. The summed E-state index contributed by atoms with van der Waals surface area (Å²) in [7, 11) is 2.07. The van der Waals surface area contributed by atoms with Crippen LogP contribution in [0.5, 0.6) is 0 Å². The van der Waals surface area contributed by atoms with E-state index in [1.165, 1.54) is 5.69 Å².